The lowest BCUT2D eigenvalue weighted by molar-refractivity contribution is -0.275. The van der Waals surface area contributed by atoms with E-state index in [-0.39, 0.29) is 11.5 Å². The quantitative estimate of drug-likeness (QED) is 0.717. The molecule has 0 amide bonds. The predicted molar refractivity (Wildman–Crippen MR) is 78.4 cm³/mol. The van der Waals surface area contributed by atoms with Crippen molar-refractivity contribution >= 4 is 11.6 Å². The number of rotatable bonds is 4. The summed E-state index contributed by atoms with van der Waals surface area (Å²) in [4.78, 5) is 0. The lowest BCUT2D eigenvalue weighted by Crippen LogP contribution is -2.18. The molecule has 1 atom stereocenters. The van der Waals surface area contributed by atoms with Crippen LogP contribution in [0.3, 0.4) is 0 Å². The SMILES string of the molecule is Cc1ccc(OC(C)c2ccc(Cl)cc2)c(OC(F)(F)F)c1. The molecule has 0 fully saturated rings. The van der Waals surface area contributed by atoms with Gasteiger partial charge in [-0.15, -0.1) is 13.2 Å². The van der Waals surface area contributed by atoms with Gasteiger partial charge in [-0.3, -0.25) is 0 Å². The van der Waals surface area contributed by atoms with Gasteiger partial charge in [-0.2, -0.15) is 0 Å². The van der Waals surface area contributed by atoms with Crippen LogP contribution in [0, 0.1) is 6.92 Å². The maximum Gasteiger partial charge on any atom is 0.573 e. The number of alkyl halides is 3. The highest BCUT2D eigenvalue weighted by molar-refractivity contribution is 6.30. The zero-order valence-corrected chi connectivity index (χ0v) is 12.7. The molecule has 0 N–H and O–H groups in total. The third-order valence-electron chi connectivity index (χ3n) is 2.97. The van der Waals surface area contributed by atoms with Gasteiger partial charge in [0.25, 0.3) is 0 Å². The zero-order valence-electron chi connectivity index (χ0n) is 11.9. The fraction of sp³-hybridized carbons (Fsp3) is 0.250. The standard InChI is InChI=1S/C16H14ClF3O2/c1-10-3-8-14(15(9-10)22-16(18,19)20)21-11(2)12-4-6-13(17)7-5-12/h3-9,11H,1-2H3. The third kappa shape index (κ3) is 4.56. The van der Waals surface area contributed by atoms with E-state index in [9.17, 15) is 13.2 Å². The van der Waals surface area contributed by atoms with Crippen LogP contribution in [-0.2, 0) is 0 Å². The van der Waals surface area contributed by atoms with E-state index >= 15 is 0 Å². The van der Waals surface area contributed by atoms with Gasteiger partial charge in [-0.1, -0.05) is 29.8 Å². The van der Waals surface area contributed by atoms with Crippen molar-refractivity contribution in [2.75, 3.05) is 0 Å². The summed E-state index contributed by atoms with van der Waals surface area (Å²) in [5.74, 6) is -0.321. The molecule has 0 saturated carbocycles. The van der Waals surface area contributed by atoms with Crippen LogP contribution in [-0.4, -0.2) is 6.36 Å². The van der Waals surface area contributed by atoms with Crippen molar-refractivity contribution in [3.8, 4) is 11.5 Å². The second-order valence-electron chi connectivity index (χ2n) is 4.81. The van der Waals surface area contributed by atoms with Crippen molar-refractivity contribution < 1.29 is 22.6 Å². The summed E-state index contributed by atoms with van der Waals surface area (Å²) in [5.41, 5.74) is 1.44. The average molecular weight is 331 g/mol. The largest absolute Gasteiger partial charge is 0.573 e. The minimum absolute atomic E-state index is 0.0328. The summed E-state index contributed by atoms with van der Waals surface area (Å²) >= 11 is 5.81. The monoisotopic (exact) mass is 330 g/mol. The molecule has 2 aromatic rings. The minimum Gasteiger partial charge on any atom is -0.482 e. The van der Waals surface area contributed by atoms with Gasteiger partial charge in [-0.05, 0) is 49.2 Å². The van der Waals surface area contributed by atoms with Gasteiger partial charge in [-0.25, -0.2) is 0 Å². The molecule has 118 valence electrons. The van der Waals surface area contributed by atoms with Crippen LogP contribution in [0.1, 0.15) is 24.2 Å². The summed E-state index contributed by atoms with van der Waals surface area (Å²) in [6, 6.07) is 11.3. The Morgan fingerprint density at radius 2 is 1.64 bits per heavy atom. The molecule has 1 unspecified atom stereocenters. The first-order valence-corrected chi connectivity index (χ1v) is 6.91. The Morgan fingerprint density at radius 3 is 2.23 bits per heavy atom. The van der Waals surface area contributed by atoms with Crippen molar-refractivity contribution in [3.63, 3.8) is 0 Å². The van der Waals surface area contributed by atoms with Crippen molar-refractivity contribution in [2.24, 2.45) is 0 Å². The number of hydrogen-bond acceptors (Lipinski definition) is 2. The lowest BCUT2D eigenvalue weighted by Gasteiger charge is -2.19. The molecule has 0 radical (unpaired) electrons. The Hall–Kier alpha value is -1.88. The maximum atomic E-state index is 12.5. The molecule has 0 spiro atoms. The molecule has 0 aromatic heterocycles. The summed E-state index contributed by atoms with van der Waals surface area (Å²) in [6.07, 6.45) is -5.22. The van der Waals surface area contributed by atoms with E-state index in [0.29, 0.717) is 10.6 Å². The van der Waals surface area contributed by atoms with Crippen LogP contribution in [0.2, 0.25) is 5.02 Å². The molecular formula is C16H14ClF3O2. The van der Waals surface area contributed by atoms with Crippen molar-refractivity contribution in [1.29, 1.82) is 0 Å². The molecule has 0 bridgehead atoms. The summed E-state index contributed by atoms with van der Waals surface area (Å²) < 4.78 is 47.0. The Labute approximate surface area is 131 Å². The number of benzene rings is 2. The highest BCUT2D eigenvalue weighted by Gasteiger charge is 2.32. The summed E-state index contributed by atoms with van der Waals surface area (Å²) in [7, 11) is 0. The normalized spacial score (nSPS) is 12.8. The smallest absolute Gasteiger partial charge is 0.482 e. The summed E-state index contributed by atoms with van der Waals surface area (Å²) in [5, 5.41) is 0.576. The molecule has 0 aliphatic carbocycles. The third-order valence-corrected chi connectivity index (χ3v) is 3.22. The Morgan fingerprint density at radius 1 is 1.00 bits per heavy atom. The lowest BCUT2D eigenvalue weighted by atomic mass is 10.1. The van der Waals surface area contributed by atoms with E-state index < -0.39 is 12.5 Å². The molecule has 0 saturated heterocycles. The maximum absolute atomic E-state index is 12.5. The molecule has 0 aliphatic heterocycles. The van der Waals surface area contributed by atoms with Crippen LogP contribution in [0.25, 0.3) is 0 Å². The van der Waals surface area contributed by atoms with Crippen LogP contribution in [0.15, 0.2) is 42.5 Å². The highest BCUT2D eigenvalue weighted by atomic mass is 35.5. The molecule has 2 rings (SSSR count). The van der Waals surface area contributed by atoms with Gasteiger partial charge in [0.15, 0.2) is 11.5 Å². The first-order valence-electron chi connectivity index (χ1n) is 6.53. The number of halogens is 4. The molecule has 6 heteroatoms. The molecule has 0 heterocycles. The van der Waals surface area contributed by atoms with Crippen LogP contribution in [0.4, 0.5) is 13.2 Å². The molecule has 22 heavy (non-hydrogen) atoms. The fourth-order valence-corrected chi connectivity index (χ4v) is 2.04. The Balaban J connectivity index is 2.23. The van der Waals surface area contributed by atoms with Crippen LogP contribution in [0.5, 0.6) is 11.5 Å². The van der Waals surface area contributed by atoms with Crippen molar-refractivity contribution in [2.45, 2.75) is 26.3 Å². The predicted octanol–water partition coefficient (Wildman–Crippen LogP) is 5.69. The first kappa shape index (κ1) is 16.5. The van der Waals surface area contributed by atoms with E-state index in [0.717, 1.165) is 5.56 Å². The summed E-state index contributed by atoms with van der Waals surface area (Å²) in [6.45, 7) is 3.41. The van der Waals surface area contributed by atoms with Gasteiger partial charge in [0.05, 0.1) is 0 Å². The Kier molecular flexibility index (Phi) is 4.86. The fourth-order valence-electron chi connectivity index (χ4n) is 1.91. The van der Waals surface area contributed by atoms with Crippen LogP contribution < -0.4 is 9.47 Å². The Bertz CT molecular complexity index is 639. The second kappa shape index (κ2) is 6.48. The zero-order chi connectivity index (χ0) is 16.3. The van der Waals surface area contributed by atoms with Crippen molar-refractivity contribution in [1.82, 2.24) is 0 Å². The van der Waals surface area contributed by atoms with Gasteiger partial charge in [0, 0.05) is 5.02 Å². The van der Waals surface area contributed by atoms with E-state index in [4.69, 9.17) is 16.3 Å². The van der Waals surface area contributed by atoms with Gasteiger partial charge < -0.3 is 9.47 Å². The highest BCUT2D eigenvalue weighted by Crippen LogP contribution is 2.35. The van der Waals surface area contributed by atoms with Gasteiger partial charge in [0.1, 0.15) is 6.10 Å². The molecule has 0 aliphatic rings. The molecular weight excluding hydrogens is 317 g/mol. The first-order chi connectivity index (χ1) is 10.2. The van der Waals surface area contributed by atoms with E-state index in [1.54, 1.807) is 44.2 Å². The van der Waals surface area contributed by atoms with E-state index in [2.05, 4.69) is 4.74 Å². The second-order valence-corrected chi connectivity index (χ2v) is 5.25. The number of ether oxygens (including phenoxy) is 2. The van der Waals surface area contributed by atoms with E-state index in [1.165, 1.54) is 12.1 Å². The van der Waals surface area contributed by atoms with Crippen LogP contribution >= 0.6 is 11.6 Å². The van der Waals surface area contributed by atoms with Gasteiger partial charge in [0.2, 0.25) is 0 Å². The average Bonchev–Trinajstić information content (AvgIpc) is 2.41. The van der Waals surface area contributed by atoms with Crippen molar-refractivity contribution in [3.05, 3.63) is 58.6 Å². The molecule has 2 aromatic carbocycles. The topological polar surface area (TPSA) is 18.5 Å². The molecule has 2 nitrogen and oxygen atoms in total. The van der Waals surface area contributed by atoms with E-state index in [1.807, 2.05) is 0 Å². The number of aryl methyl sites for hydroxylation is 1. The van der Waals surface area contributed by atoms with Gasteiger partial charge >= 0.3 is 6.36 Å². The number of hydrogen-bond donors (Lipinski definition) is 0. The minimum atomic E-state index is -4.77.